The topological polar surface area (TPSA) is 58.2 Å². The summed E-state index contributed by atoms with van der Waals surface area (Å²) in [5.41, 5.74) is 1.41. The summed E-state index contributed by atoms with van der Waals surface area (Å²) >= 11 is 0. The van der Waals surface area contributed by atoms with E-state index in [1.165, 1.54) is 6.07 Å². The molecule has 1 aromatic carbocycles. The minimum Gasteiger partial charge on any atom is -0.317 e. The number of benzene rings is 1. The molecule has 21 heavy (non-hydrogen) atoms. The fraction of sp³-hybridized carbons (Fsp3) is 0.500. The minimum absolute atomic E-state index is 0.232. The van der Waals surface area contributed by atoms with Crippen LogP contribution in [0, 0.1) is 5.82 Å². The number of amides is 2. The lowest BCUT2D eigenvalue weighted by Gasteiger charge is -2.25. The van der Waals surface area contributed by atoms with Gasteiger partial charge in [-0.3, -0.25) is 14.9 Å². The van der Waals surface area contributed by atoms with Gasteiger partial charge in [0, 0.05) is 6.42 Å². The summed E-state index contributed by atoms with van der Waals surface area (Å²) in [6, 6.07) is 5.11. The van der Waals surface area contributed by atoms with Crippen molar-refractivity contribution in [3.05, 3.63) is 35.1 Å². The first kappa shape index (κ1) is 14.2. The average molecular weight is 290 g/mol. The summed E-state index contributed by atoms with van der Waals surface area (Å²) in [6.45, 7) is 1.83. The second-order valence-electron chi connectivity index (χ2n) is 5.81. The maximum atomic E-state index is 14.4. The fourth-order valence-electron chi connectivity index (χ4n) is 3.24. The van der Waals surface area contributed by atoms with Gasteiger partial charge in [-0.05, 0) is 55.5 Å². The van der Waals surface area contributed by atoms with Crippen LogP contribution in [0.5, 0.6) is 0 Å². The van der Waals surface area contributed by atoms with Crippen LogP contribution in [-0.2, 0) is 9.59 Å². The first-order valence-electron chi connectivity index (χ1n) is 7.49. The number of rotatable bonds is 2. The molecule has 2 amide bonds. The van der Waals surface area contributed by atoms with Crippen LogP contribution in [0.15, 0.2) is 18.2 Å². The van der Waals surface area contributed by atoms with E-state index in [4.69, 9.17) is 0 Å². The van der Waals surface area contributed by atoms with Gasteiger partial charge >= 0.3 is 0 Å². The first-order chi connectivity index (χ1) is 10.1. The molecule has 0 spiro atoms. The van der Waals surface area contributed by atoms with Gasteiger partial charge in [0.1, 0.15) is 5.82 Å². The van der Waals surface area contributed by atoms with Crippen LogP contribution in [0.3, 0.4) is 0 Å². The standard InChI is InChI=1S/C16H19FN2O2/c17-14-9-11(13-3-4-15(20)19-16(13)21)1-2-12(14)10-5-7-18-8-6-10/h1-2,9-10,13,18H,3-8H2,(H,19,20,21)/t13-/m0/s1. The van der Waals surface area contributed by atoms with Crippen LogP contribution >= 0.6 is 0 Å². The molecule has 2 saturated heterocycles. The van der Waals surface area contributed by atoms with Gasteiger partial charge in [-0.15, -0.1) is 0 Å². The Balaban J connectivity index is 1.80. The average Bonchev–Trinajstić information content (AvgIpc) is 2.48. The fourth-order valence-corrected chi connectivity index (χ4v) is 3.24. The highest BCUT2D eigenvalue weighted by Crippen LogP contribution is 2.31. The van der Waals surface area contributed by atoms with Crippen molar-refractivity contribution in [1.29, 1.82) is 0 Å². The molecular weight excluding hydrogens is 271 g/mol. The van der Waals surface area contributed by atoms with Crippen LogP contribution < -0.4 is 10.6 Å². The Morgan fingerprint density at radius 1 is 1.10 bits per heavy atom. The molecule has 1 atom stereocenters. The van der Waals surface area contributed by atoms with E-state index in [1.807, 2.05) is 12.1 Å². The zero-order chi connectivity index (χ0) is 14.8. The maximum absolute atomic E-state index is 14.4. The predicted octanol–water partition coefficient (Wildman–Crippen LogP) is 1.81. The number of nitrogens with one attached hydrogen (secondary N) is 2. The SMILES string of the molecule is O=C1CC[C@@H](c2ccc(C3CCNCC3)c(F)c2)C(=O)N1. The van der Waals surface area contributed by atoms with Gasteiger partial charge in [0.05, 0.1) is 5.92 Å². The van der Waals surface area contributed by atoms with Gasteiger partial charge in [-0.2, -0.15) is 0 Å². The molecule has 3 rings (SSSR count). The molecule has 2 N–H and O–H groups in total. The number of piperidine rings is 2. The molecule has 0 aliphatic carbocycles. The molecule has 5 heteroatoms. The van der Waals surface area contributed by atoms with E-state index in [2.05, 4.69) is 10.6 Å². The highest BCUT2D eigenvalue weighted by molar-refractivity contribution is 6.00. The third-order valence-electron chi connectivity index (χ3n) is 4.45. The molecule has 0 aromatic heterocycles. The third kappa shape index (κ3) is 2.97. The molecule has 0 bridgehead atoms. The van der Waals surface area contributed by atoms with Crippen LogP contribution in [0.1, 0.15) is 48.6 Å². The van der Waals surface area contributed by atoms with Crippen molar-refractivity contribution in [3.8, 4) is 0 Å². The number of halogens is 1. The Labute approximate surface area is 123 Å². The highest BCUT2D eigenvalue weighted by atomic mass is 19.1. The lowest BCUT2D eigenvalue weighted by atomic mass is 9.86. The van der Waals surface area contributed by atoms with Gasteiger partial charge in [-0.25, -0.2) is 4.39 Å². The van der Waals surface area contributed by atoms with Gasteiger partial charge < -0.3 is 5.32 Å². The smallest absolute Gasteiger partial charge is 0.234 e. The molecule has 0 saturated carbocycles. The van der Waals surface area contributed by atoms with E-state index in [1.54, 1.807) is 0 Å². The van der Waals surface area contributed by atoms with Gasteiger partial charge in [-0.1, -0.05) is 12.1 Å². The molecule has 2 heterocycles. The van der Waals surface area contributed by atoms with Crippen molar-refractivity contribution >= 4 is 11.8 Å². The highest BCUT2D eigenvalue weighted by Gasteiger charge is 2.29. The third-order valence-corrected chi connectivity index (χ3v) is 4.45. The summed E-state index contributed by atoms with van der Waals surface area (Å²) in [4.78, 5) is 23.0. The van der Waals surface area contributed by atoms with E-state index >= 15 is 0 Å². The second kappa shape index (κ2) is 5.93. The number of imide groups is 1. The molecule has 1 aromatic rings. The van der Waals surface area contributed by atoms with Crippen molar-refractivity contribution < 1.29 is 14.0 Å². The Kier molecular flexibility index (Phi) is 4.01. The molecule has 112 valence electrons. The molecule has 2 fully saturated rings. The Morgan fingerprint density at radius 2 is 1.86 bits per heavy atom. The Hall–Kier alpha value is -1.75. The number of carbonyl (C=O) groups excluding carboxylic acids is 2. The van der Waals surface area contributed by atoms with Crippen molar-refractivity contribution in [1.82, 2.24) is 10.6 Å². The van der Waals surface area contributed by atoms with Crippen LogP contribution in [0.25, 0.3) is 0 Å². The first-order valence-corrected chi connectivity index (χ1v) is 7.49. The van der Waals surface area contributed by atoms with E-state index in [9.17, 15) is 14.0 Å². The van der Waals surface area contributed by atoms with Crippen molar-refractivity contribution in [2.75, 3.05) is 13.1 Å². The number of hydrogen-bond acceptors (Lipinski definition) is 3. The lowest BCUT2D eigenvalue weighted by molar-refractivity contribution is -0.134. The Morgan fingerprint density at radius 3 is 2.52 bits per heavy atom. The minimum atomic E-state index is -0.417. The largest absolute Gasteiger partial charge is 0.317 e. The summed E-state index contributed by atoms with van der Waals surface area (Å²) in [7, 11) is 0. The Bertz CT molecular complexity index is 567. The summed E-state index contributed by atoms with van der Waals surface area (Å²) in [6.07, 6.45) is 2.65. The quantitative estimate of drug-likeness (QED) is 0.817. The number of carbonyl (C=O) groups is 2. The molecule has 4 nitrogen and oxygen atoms in total. The summed E-state index contributed by atoms with van der Waals surface area (Å²) in [5.74, 6) is -0.964. The second-order valence-corrected chi connectivity index (χ2v) is 5.81. The van der Waals surface area contributed by atoms with E-state index in [0.29, 0.717) is 18.4 Å². The van der Waals surface area contributed by atoms with Crippen molar-refractivity contribution in [3.63, 3.8) is 0 Å². The zero-order valence-electron chi connectivity index (χ0n) is 11.8. The zero-order valence-corrected chi connectivity index (χ0v) is 11.8. The van der Waals surface area contributed by atoms with Gasteiger partial charge in [0.2, 0.25) is 11.8 Å². The summed E-state index contributed by atoms with van der Waals surface area (Å²) < 4.78 is 14.4. The van der Waals surface area contributed by atoms with Crippen LogP contribution in [0.4, 0.5) is 4.39 Å². The number of hydrogen-bond donors (Lipinski definition) is 2. The monoisotopic (exact) mass is 290 g/mol. The van der Waals surface area contributed by atoms with Gasteiger partial charge in [0.25, 0.3) is 0 Å². The van der Waals surface area contributed by atoms with Crippen molar-refractivity contribution in [2.24, 2.45) is 0 Å². The predicted molar refractivity (Wildman–Crippen MR) is 76.4 cm³/mol. The van der Waals surface area contributed by atoms with Crippen molar-refractivity contribution in [2.45, 2.75) is 37.5 Å². The molecule has 2 aliphatic heterocycles. The van der Waals surface area contributed by atoms with E-state index in [0.717, 1.165) is 31.5 Å². The molecule has 0 radical (unpaired) electrons. The van der Waals surface area contributed by atoms with E-state index in [-0.39, 0.29) is 23.5 Å². The lowest BCUT2D eigenvalue weighted by Crippen LogP contribution is -2.39. The normalized spacial score (nSPS) is 24.0. The molecule has 0 unspecified atom stereocenters. The van der Waals surface area contributed by atoms with E-state index < -0.39 is 5.92 Å². The van der Waals surface area contributed by atoms with Gasteiger partial charge in [0.15, 0.2) is 0 Å². The maximum Gasteiger partial charge on any atom is 0.234 e. The molecular formula is C16H19FN2O2. The molecule has 2 aliphatic rings. The van der Waals surface area contributed by atoms with Crippen LogP contribution in [-0.4, -0.2) is 24.9 Å². The summed E-state index contributed by atoms with van der Waals surface area (Å²) in [5, 5.41) is 5.59. The van der Waals surface area contributed by atoms with Crippen LogP contribution in [0.2, 0.25) is 0 Å².